The first-order chi connectivity index (χ1) is 4.74. The van der Waals surface area contributed by atoms with E-state index in [9.17, 15) is 0 Å². The molecule has 1 heterocycles. The van der Waals surface area contributed by atoms with E-state index in [4.69, 9.17) is 9.47 Å². The molecule has 60 valence electrons. The van der Waals surface area contributed by atoms with Crippen molar-refractivity contribution in [2.45, 2.75) is 32.2 Å². The predicted octanol–water partition coefficient (Wildman–Crippen LogP) is 1.61. The summed E-state index contributed by atoms with van der Waals surface area (Å²) in [6, 6.07) is 0. The maximum Gasteiger partial charge on any atom is 0.0902 e. The average molecular weight is 256 g/mol. The summed E-state index contributed by atoms with van der Waals surface area (Å²) >= 11 is 2.32. The summed E-state index contributed by atoms with van der Waals surface area (Å²) in [6.07, 6.45) is 0.833. The van der Waals surface area contributed by atoms with Crippen molar-refractivity contribution in [3.05, 3.63) is 0 Å². The van der Waals surface area contributed by atoms with Crippen LogP contribution < -0.4 is 0 Å². The second-order valence-electron chi connectivity index (χ2n) is 2.66. The van der Waals surface area contributed by atoms with Gasteiger partial charge in [-0.05, 0) is 13.8 Å². The molecule has 0 amide bonds. The Morgan fingerprint density at radius 1 is 1.40 bits per heavy atom. The van der Waals surface area contributed by atoms with Gasteiger partial charge in [-0.2, -0.15) is 0 Å². The molecular formula is C7H13IO2. The lowest BCUT2D eigenvalue weighted by Gasteiger charge is -2.31. The lowest BCUT2D eigenvalue weighted by Crippen LogP contribution is -2.40. The molecule has 1 rings (SSSR count). The van der Waals surface area contributed by atoms with Crippen molar-refractivity contribution >= 4 is 22.6 Å². The van der Waals surface area contributed by atoms with Crippen LogP contribution in [0.15, 0.2) is 0 Å². The third-order valence-electron chi connectivity index (χ3n) is 1.79. The molecule has 1 saturated heterocycles. The average Bonchev–Trinajstić information content (AvgIpc) is 1.95. The van der Waals surface area contributed by atoms with Gasteiger partial charge in [0.25, 0.3) is 0 Å². The molecule has 3 heteroatoms. The molecule has 3 atom stereocenters. The maximum atomic E-state index is 5.62. The van der Waals surface area contributed by atoms with Crippen LogP contribution in [0.2, 0.25) is 0 Å². The highest BCUT2D eigenvalue weighted by Crippen LogP contribution is 2.15. The largest absolute Gasteiger partial charge is 0.373 e. The lowest BCUT2D eigenvalue weighted by atomic mass is 10.2. The Morgan fingerprint density at radius 2 is 2.10 bits per heavy atom. The summed E-state index contributed by atoms with van der Waals surface area (Å²) in [4.78, 5) is 0. The summed E-state index contributed by atoms with van der Waals surface area (Å²) in [7, 11) is 0. The van der Waals surface area contributed by atoms with Gasteiger partial charge in [-0.3, -0.25) is 0 Å². The van der Waals surface area contributed by atoms with E-state index in [0.717, 1.165) is 11.0 Å². The minimum atomic E-state index is 0.258. The Morgan fingerprint density at radius 3 is 2.60 bits per heavy atom. The normalized spacial score (nSPS) is 41.7. The molecule has 0 N–H and O–H groups in total. The SMILES string of the molecule is C[C@@H]1OC[C@H](CI)O[C@@H]1C. The van der Waals surface area contributed by atoms with Gasteiger partial charge in [0.15, 0.2) is 0 Å². The number of ether oxygens (including phenoxy) is 2. The van der Waals surface area contributed by atoms with Crippen molar-refractivity contribution in [2.24, 2.45) is 0 Å². The monoisotopic (exact) mass is 256 g/mol. The van der Waals surface area contributed by atoms with E-state index in [1.165, 1.54) is 0 Å². The topological polar surface area (TPSA) is 18.5 Å². The molecule has 0 aromatic heterocycles. The zero-order chi connectivity index (χ0) is 7.56. The van der Waals surface area contributed by atoms with Gasteiger partial charge in [0.1, 0.15) is 0 Å². The molecule has 0 aromatic carbocycles. The van der Waals surface area contributed by atoms with Crippen LogP contribution in [-0.2, 0) is 9.47 Å². The first kappa shape index (κ1) is 8.74. The van der Waals surface area contributed by atoms with Crippen LogP contribution in [0, 0.1) is 0 Å². The molecule has 0 saturated carbocycles. The molecule has 0 spiro atoms. The van der Waals surface area contributed by atoms with Crippen LogP contribution in [0.1, 0.15) is 13.8 Å². The number of hydrogen-bond acceptors (Lipinski definition) is 2. The number of hydrogen-bond donors (Lipinski definition) is 0. The minimum Gasteiger partial charge on any atom is -0.373 e. The molecule has 0 radical (unpaired) electrons. The van der Waals surface area contributed by atoms with E-state index in [1.807, 2.05) is 6.92 Å². The molecule has 1 aliphatic heterocycles. The van der Waals surface area contributed by atoms with Crippen molar-refractivity contribution in [1.29, 1.82) is 0 Å². The zero-order valence-corrected chi connectivity index (χ0v) is 8.50. The van der Waals surface area contributed by atoms with E-state index in [0.29, 0.717) is 6.10 Å². The lowest BCUT2D eigenvalue weighted by molar-refractivity contribution is -0.158. The second-order valence-corrected chi connectivity index (χ2v) is 3.54. The summed E-state index contributed by atoms with van der Waals surface area (Å²) < 4.78 is 12.1. The molecule has 0 aliphatic carbocycles. The van der Waals surface area contributed by atoms with Gasteiger partial charge in [0.05, 0.1) is 24.9 Å². The highest BCUT2D eigenvalue weighted by molar-refractivity contribution is 14.1. The minimum absolute atomic E-state index is 0.258. The summed E-state index contributed by atoms with van der Waals surface area (Å²) in [5.74, 6) is 0. The van der Waals surface area contributed by atoms with Gasteiger partial charge in [0.2, 0.25) is 0 Å². The molecule has 1 fully saturated rings. The molecule has 2 nitrogen and oxygen atoms in total. The van der Waals surface area contributed by atoms with Crippen molar-refractivity contribution in [3.63, 3.8) is 0 Å². The van der Waals surface area contributed by atoms with E-state index in [2.05, 4.69) is 29.5 Å². The molecule has 0 unspecified atom stereocenters. The quantitative estimate of drug-likeness (QED) is 0.524. The van der Waals surface area contributed by atoms with Crippen LogP contribution in [-0.4, -0.2) is 29.3 Å². The molecule has 0 aromatic rings. The van der Waals surface area contributed by atoms with Crippen molar-refractivity contribution in [3.8, 4) is 0 Å². The van der Waals surface area contributed by atoms with Gasteiger partial charge in [-0.25, -0.2) is 0 Å². The third-order valence-corrected chi connectivity index (χ3v) is 2.77. The summed E-state index contributed by atoms with van der Waals surface area (Å²) in [6.45, 7) is 4.87. The second kappa shape index (κ2) is 3.88. The fraction of sp³-hybridized carbons (Fsp3) is 1.00. The molecule has 1 aliphatic rings. The zero-order valence-electron chi connectivity index (χ0n) is 6.34. The smallest absolute Gasteiger partial charge is 0.0902 e. The maximum absolute atomic E-state index is 5.62. The van der Waals surface area contributed by atoms with Crippen molar-refractivity contribution < 1.29 is 9.47 Å². The van der Waals surface area contributed by atoms with E-state index < -0.39 is 0 Å². The van der Waals surface area contributed by atoms with Crippen LogP contribution in [0.5, 0.6) is 0 Å². The first-order valence-electron chi connectivity index (χ1n) is 3.57. The Balaban J connectivity index is 2.33. The molecule has 10 heavy (non-hydrogen) atoms. The standard InChI is InChI=1S/C7H13IO2/c1-5-6(2)10-7(3-8)4-9-5/h5-7H,3-4H2,1-2H3/t5-,6+,7-/m0/s1. The van der Waals surface area contributed by atoms with E-state index in [-0.39, 0.29) is 12.2 Å². The number of halogens is 1. The van der Waals surface area contributed by atoms with Crippen molar-refractivity contribution in [2.75, 3.05) is 11.0 Å². The van der Waals surface area contributed by atoms with Crippen LogP contribution >= 0.6 is 22.6 Å². The van der Waals surface area contributed by atoms with Gasteiger partial charge in [-0.15, -0.1) is 0 Å². The Labute approximate surface area is 75.4 Å². The van der Waals surface area contributed by atoms with Gasteiger partial charge >= 0.3 is 0 Å². The summed E-state index contributed by atoms with van der Waals surface area (Å²) in [5.41, 5.74) is 0. The van der Waals surface area contributed by atoms with E-state index in [1.54, 1.807) is 0 Å². The van der Waals surface area contributed by atoms with E-state index >= 15 is 0 Å². The van der Waals surface area contributed by atoms with Crippen molar-refractivity contribution in [1.82, 2.24) is 0 Å². The summed E-state index contributed by atoms with van der Waals surface area (Å²) in [5, 5.41) is 0. The molecule has 0 bridgehead atoms. The number of alkyl halides is 1. The highest BCUT2D eigenvalue weighted by Gasteiger charge is 2.24. The van der Waals surface area contributed by atoms with Crippen LogP contribution in [0.3, 0.4) is 0 Å². The Hall–Kier alpha value is 0.650. The number of rotatable bonds is 1. The fourth-order valence-electron chi connectivity index (χ4n) is 0.929. The predicted molar refractivity (Wildman–Crippen MR) is 48.6 cm³/mol. The fourth-order valence-corrected chi connectivity index (χ4v) is 1.39. The Kier molecular flexibility index (Phi) is 3.39. The third kappa shape index (κ3) is 2.07. The molecular weight excluding hydrogens is 243 g/mol. The van der Waals surface area contributed by atoms with Gasteiger partial charge < -0.3 is 9.47 Å². The van der Waals surface area contributed by atoms with Gasteiger partial charge in [0, 0.05) is 4.43 Å². The first-order valence-corrected chi connectivity index (χ1v) is 5.09. The van der Waals surface area contributed by atoms with Crippen LogP contribution in [0.4, 0.5) is 0 Å². The van der Waals surface area contributed by atoms with Crippen LogP contribution in [0.25, 0.3) is 0 Å². The Bertz CT molecular complexity index is 108. The van der Waals surface area contributed by atoms with Gasteiger partial charge in [-0.1, -0.05) is 22.6 Å². The highest BCUT2D eigenvalue weighted by atomic mass is 127.